The Bertz CT molecular complexity index is 197. The largest absolute Gasteiger partial charge is 0.465 e. The van der Waals surface area contributed by atoms with Gasteiger partial charge in [-0.1, -0.05) is 33.6 Å². The summed E-state index contributed by atoms with van der Waals surface area (Å²) in [6, 6.07) is 0. The zero-order chi connectivity index (χ0) is 11.3. The summed E-state index contributed by atoms with van der Waals surface area (Å²) in [6.45, 7) is 7.25. The van der Waals surface area contributed by atoms with E-state index >= 15 is 0 Å². The molecule has 1 fully saturated rings. The van der Waals surface area contributed by atoms with Crippen molar-refractivity contribution in [3.63, 3.8) is 0 Å². The van der Waals surface area contributed by atoms with Gasteiger partial charge >= 0.3 is 5.97 Å². The van der Waals surface area contributed by atoms with Gasteiger partial charge in [0.05, 0.1) is 12.5 Å². The molecule has 0 unspecified atom stereocenters. The Morgan fingerprint density at radius 2 is 1.87 bits per heavy atom. The third-order valence-corrected chi connectivity index (χ3v) is 3.00. The van der Waals surface area contributed by atoms with Crippen LogP contribution in [0.15, 0.2) is 0 Å². The van der Waals surface area contributed by atoms with Crippen LogP contribution in [0.3, 0.4) is 0 Å². The summed E-state index contributed by atoms with van der Waals surface area (Å²) in [4.78, 5) is 11.5. The van der Waals surface area contributed by atoms with Crippen molar-refractivity contribution in [3.05, 3.63) is 0 Å². The highest BCUT2D eigenvalue weighted by molar-refractivity contribution is 5.72. The molecule has 0 atom stereocenters. The molecule has 0 aliphatic heterocycles. The van der Waals surface area contributed by atoms with Gasteiger partial charge in [0.25, 0.3) is 0 Å². The van der Waals surface area contributed by atoms with Gasteiger partial charge in [-0.3, -0.25) is 4.79 Å². The zero-order valence-corrected chi connectivity index (χ0v) is 10.3. The van der Waals surface area contributed by atoms with Gasteiger partial charge < -0.3 is 4.74 Å². The molecule has 0 amide bonds. The molecule has 1 rings (SSSR count). The normalized spacial score (nSPS) is 18.1. The summed E-state index contributed by atoms with van der Waals surface area (Å²) < 4.78 is 5.28. The van der Waals surface area contributed by atoms with Crippen molar-refractivity contribution in [2.24, 2.45) is 11.3 Å². The fourth-order valence-electron chi connectivity index (χ4n) is 2.05. The summed E-state index contributed by atoms with van der Waals surface area (Å²) >= 11 is 0. The minimum atomic E-state index is 0.0430. The lowest BCUT2D eigenvalue weighted by Crippen LogP contribution is -2.16. The van der Waals surface area contributed by atoms with Crippen LogP contribution in [0.5, 0.6) is 0 Å². The highest BCUT2D eigenvalue weighted by atomic mass is 16.5. The third kappa shape index (κ3) is 5.19. The molecule has 0 N–H and O–H groups in total. The summed E-state index contributed by atoms with van der Waals surface area (Å²) in [5.41, 5.74) is 0.347. The Hall–Kier alpha value is -0.530. The van der Waals surface area contributed by atoms with Gasteiger partial charge in [0.2, 0.25) is 0 Å². The van der Waals surface area contributed by atoms with Crippen LogP contribution < -0.4 is 0 Å². The van der Waals surface area contributed by atoms with Gasteiger partial charge in [-0.25, -0.2) is 0 Å². The maximum absolute atomic E-state index is 11.5. The Labute approximate surface area is 93.4 Å². The summed E-state index contributed by atoms with van der Waals surface area (Å²) in [7, 11) is 0. The molecular weight excluding hydrogens is 188 g/mol. The van der Waals surface area contributed by atoms with Crippen LogP contribution in [0, 0.1) is 11.3 Å². The lowest BCUT2D eigenvalue weighted by atomic mass is 9.91. The van der Waals surface area contributed by atoms with Crippen molar-refractivity contribution >= 4 is 5.97 Å². The molecule has 1 saturated carbocycles. The van der Waals surface area contributed by atoms with Gasteiger partial charge in [-0.2, -0.15) is 0 Å². The van der Waals surface area contributed by atoms with Crippen LogP contribution in [0.2, 0.25) is 0 Å². The van der Waals surface area contributed by atoms with Crippen molar-refractivity contribution in [1.82, 2.24) is 0 Å². The molecule has 0 aromatic heterocycles. The molecule has 0 aromatic rings. The SMILES string of the molecule is CC(C)(C)CCCOC(=O)C1CCCC1. The summed E-state index contributed by atoms with van der Waals surface area (Å²) in [6.07, 6.45) is 6.58. The molecule has 1 aliphatic rings. The van der Waals surface area contributed by atoms with E-state index in [0.29, 0.717) is 12.0 Å². The van der Waals surface area contributed by atoms with E-state index in [1.165, 1.54) is 12.8 Å². The molecule has 0 heterocycles. The number of hydrogen-bond donors (Lipinski definition) is 0. The van der Waals surface area contributed by atoms with E-state index < -0.39 is 0 Å². The predicted molar refractivity (Wildman–Crippen MR) is 61.6 cm³/mol. The highest BCUT2D eigenvalue weighted by Crippen LogP contribution is 2.26. The first kappa shape index (κ1) is 12.5. The van der Waals surface area contributed by atoms with Gasteiger partial charge in [0, 0.05) is 0 Å². The van der Waals surface area contributed by atoms with E-state index in [-0.39, 0.29) is 11.9 Å². The van der Waals surface area contributed by atoms with Crippen molar-refractivity contribution in [2.45, 2.75) is 59.3 Å². The molecule has 2 nitrogen and oxygen atoms in total. The molecular formula is C13H24O2. The molecule has 0 radical (unpaired) electrons. The maximum Gasteiger partial charge on any atom is 0.308 e. The average molecular weight is 212 g/mol. The van der Waals surface area contributed by atoms with Crippen LogP contribution >= 0.6 is 0 Å². The second-order valence-electron chi connectivity index (χ2n) is 5.81. The van der Waals surface area contributed by atoms with E-state index in [1.807, 2.05) is 0 Å². The predicted octanol–water partition coefficient (Wildman–Crippen LogP) is 3.55. The van der Waals surface area contributed by atoms with Crippen LogP contribution in [0.1, 0.15) is 59.3 Å². The average Bonchev–Trinajstić information content (AvgIpc) is 2.63. The molecule has 0 saturated heterocycles. The fraction of sp³-hybridized carbons (Fsp3) is 0.923. The van der Waals surface area contributed by atoms with E-state index in [1.54, 1.807) is 0 Å². The Kier molecular flexibility index (Phi) is 4.62. The van der Waals surface area contributed by atoms with Crippen LogP contribution in [-0.2, 0) is 9.53 Å². The smallest absolute Gasteiger partial charge is 0.308 e. The monoisotopic (exact) mass is 212 g/mol. The lowest BCUT2D eigenvalue weighted by Gasteiger charge is -2.17. The number of hydrogen-bond acceptors (Lipinski definition) is 2. The highest BCUT2D eigenvalue weighted by Gasteiger charge is 2.23. The van der Waals surface area contributed by atoms with Crippen LogP contribution in [-0.4, -0.2) is 12.6 Å². The molecule has 15 heavy (non-hydrogen) atoms. The molecule has 1 aliphatic carbocycles. The summed E-state index contributed by atoms with van der Waals surface area (Å²) in [5.74, 6) is 0.251. The van der Waals surface area contributed by atoms with Gasteiger partial charge in [0.1, 0.15) is 0 Å². The van der Waals surface area contributed by atoms with Crippen LogP contribution in [0.25, 0.3) is 0 Å². The molecule has 0 spiro atoms. The standard InChI is InChI=1S/C13H24O2/c1-13(2,3)9-6-10-15-12(14)11-7-4-5-8-11/h11H,4-10H2,1-3H3. The number of ether oxygens (including phenoxy) is 1. The molecule has 2 heteroatoms. The van der Waals surface area contributed by atoms with E-state index in [9.17, 15) is 4.79 Å². The van der Waals surface area contributed by atoms with Gasteiger partial charge in [-0.15, -0.1) is 0 Å². The summed E-state index contributed by atoms with van der Waals surface area (Å²) in [5, 5.41) is 0. The first-order valence-electron chi connectivity index (χ1n) is 6.16. The Balaban J connectivity index is 2.07. The molecule has 0 bridgehead atoms. The molecule has 0 aromatic carbocycles. The third-order valence-electron chi connectivity index (χ3n) is 3.00. The fourth-order valence-corrected chi connectivity index (χ4v) is 2.05. The lowest BCUT2D eigenvalue weighted by molar-refractivity contribution is -0.148. The zero-order valence-electron chi connectivity index (χ0n) is 10.3. The van der Waals surface area contributed by atoms with Crippen molar-refractivity contribution in [3.8, 4) is 0 Å². The number of carbonyl (C=O) groups is 1. The van der Waals surface area contributed by atoms with E-state index in [2.05, 4.69) is 20.8 Å². The number of rotatable bonds is 4. The topological polar surface area (TPSA) is 26.3 Å². The van der Waals surface area contributed by atoms with Gasteiger partial charge in [-0.05, 0) is 31.1 Å². The van der Waals surface area contributed by atoms with Crippen LogP contribution in [0.4, 0.5) is 0 Å². The second kappa shape index (κ2) is 5.53. The second-order valence-corrected chi connectivity index (χ2v) is 5.81. The van der Waals surface area contributed by atoms with Crippen molar-refractivity contribution in [2.75, 3.05) is 6.61 Å². The Morgan fingerprint density at radius 3 is 2.40 bits per heavy atom. The number of carbonyl (C=O) groups excluding carboxylic acids is 1. The Morgan fingerprint density at radius 1 is 1.27 bits per heavy atom. The quantitative estimate of drug-likeness (QED) is 0.526. The van der Waals surface area contributed by atoms with Gasteiger partial charge in [0.15, 0.2) is 0 Å². The minimum absolute atomic E-state index is 0.0430. The number of esters is 1. The minimum Gasteiger partial charge on any atom is -0.465 e. The van der Waals surface area contributed by atoms with E-state index in [4.69, 9.17) is 4.74 Å². The van der Waals surface area contributed by atoms with Crippen molar-refractivity contribution in [1.29, 1.82) is 0 Å². The van der Waals surface area contributed by atoms with E-state index in [0.717, 1.165) is 25.7 Å². The first-order chi connectivity index (χ1) is 6.99. The molecule has 88 valence electrons. The first-order valence-corrected chi connectivity index (χ1v) is 6.16. The maximum atomic E-state index is 11.5. The van der Waals surface area contributed by atoms with Crippen molar-refractivity contribution < 1.29 is 9.53 Å².